The normalized spacial score (nSPS) is 18.6. The largest absolute Gasteiger partial charge is 0.384 e. The molecule has 0 aromatic carbocycles. The highest BCUT2D eigenvalue weighted by Gasteiger charge is 2.28. The highest BCUT2D eigenvalue weighted by molar-refractivity contribution is 5.92. The third kappa shape index (κ3) is 3.25. The molecule has 2 heterocycles. The first-order chi connectivity index (χ1) is 9.26. The number of likely N-dealkylation sites (tertiary alicyclic amines) is 1. The summed E-state index contributed by atoms with van der Waals surface area (Å²) >= 11 is 0. The van der Waals surface area contributed by atoms with Crippen molar-refractivity contribution in [3.05, 3.63) is 24.0 Å². The quantitative estimate of drug-likeness (QED) is 0.886. The smallest absolute Gasteiger partial charge is 0.272 e. The zero-order valence-corrected chi connectivity index (χ0v) is 11.9. The Balaban J connectivity index is 2.03. The van der Waals surface area contributed by atoms with Crippen LogP contribution in [0.2, 0.25) is 0 Å². The van der Waals surface area contributed by atoms with Crippen LogP contribution >= 0.6 is 0 Å². The van der Waals surface area contributed by atoms with Crippen molar-refractivity contribution >= 4 is 11.6 Å². The Labute approximate surface area is 115 Å². The van der Waals surface area contributed by atoms with Crippen molar-refractivity contribution in [3.8, 4) is 0 Å². The van der Waals surface area contributed by atoms with Gasteiger partial charge < -0.3 is 10.2 Å². The molecule has 0 aliphatic carbocycles. The van der Waals surface area contributed by atoms with Crippen LogP contribution in [-0.2, 0) is 0 Å². The van der Waals surface area contributed by atoms with E-state index in [1.54, 1.807) is 6.20 Å². The molecule has 1 saturated heterocycles. The topological polar surface area (TPSA) is 45.2 Å². The highest BCUT2D eigenvalue weighted by Crippen LogP contribution is 2.22. The molecule has 4 nitrogen and oxygen atoms in total. The number of rotatable bonds is 5. The number of carbonyl (C=O) groups is 1. The van der Waals surface area contributed by atoms with E-state index in [0.29, 0.717) is 11.7 Å². The molecule has 1 unspecified atom stereocenters. The first-order valence-corrected chi connectivity index (χ1v) is 7.27. The molecule has 1 fully saturated rings. The number of aromatic nitrogens is 1. The number of hydrogen-bond acceptors (Lipinski definition) is 3. The van der Waals surface area contributed by atoms with Gasteiger partial charge >= 0.3 is 0 Å². The zero-order chi connectivity index (χ0) is 13.7. The van der Waals surface area contributed by atoms with Crippen LogP contribution in [0.25, 0.3) is 0 Å². The SMILES string of the molecule is CCCNc1ccc(C(=O)N2CCCC2CC)nc1. The van der Waals surface area contributed by atoms with Gasteiger partial charge in [-0.25, -0.2) is 4.98 Å². The van der Waals surface area contributed by atoms with Gasteiger partial charge in [0.25, 0.3) is 5.91 Å². The number of nitrogens with one attached hydrogen (secondary N) is 1. The van der Waals surface area contributed by atoms with Crippen molar-refractivity contribution in [2.45, 2.75) is 45.6 Å². The summed E-state index contributed by atoms with van der Waals surface area (Å²) in [6.45, 7) is 6.06. The van der Waals surface area contributed by atoms with Crippen molar-refractivity contribution in [2.75, 3.05) is 18.4 Å². The molecule has 1 aromatic heterocycles. The number of amides is 1. The maximum absolute atomic E-state index is 12.4. The van der Waals surface area contributed by atoms with Crippen LogP contribution in [0.3, 0.4) is 0 Å². The molecular weight excluding hydrogens is 238 g/mol. The van der Waals surface area contributed by atoms with Crippen LogP contribution in [-0.4, -0.2) is 34.9 Å². The summed E-state index contributed by atoms with van der Waals surface area (Å²) in [6, 6.07) is 4.16. The fourth-order valence-electron chi connectivity index (χ4n) is 2.57. The molecule has 1 amide bonds. The molecule has 1 aliphatic rings. The molecule has 1 atom stereocenters. The number of hydrogen-bond donors (Lipinski definition) is 1. The lowest BCUT2D eigenvalue weighted by molar-refractivity contribution is 0.0728. The monoisotopic (exact) mass is 261 g/mol. The minimum Gasteiger partial charge on any atom is -0.384 e. The van der Waals surface area contributed by atoms with E-state index >= 15 is 0 Å². The molecule has 0 saturated carbocycles. The minimum absolute atomic E-state index is 0.0754. The number of nitrogens with zero attached hydrogens (tertiary/aromatic N) is 2. The lowest BCUT2D eigenvalue weighted by Gasteiger charge is -2.23. The van der Waals surface area contributed by atoms with E-state index in [1.807, 2.05) is 17.0 Å². The maximum atomic E-state index is 12.4. The number of anilines is 1. The van der Waals surface area contributed by atoms with E-state index in [1.165, 1.54) is 0 Å². The standard InChI is InChI=1S/C15H23N3O/c1-3-9-16-12-7-8-14(17-11-12)15(19)18-10-5-6-13(18)4-2/h7-8,11,13,16H,3-6,9-10H2,1-2H3. The molecule has 4 heteroatoms. The molecule has 19 heavy (non-hydrogen) atoms. The van der Waals surface area contributed by atoms with Crippen LogP contribution < -0.4 is 5.32 Å². The van der Waals surface area contributed by atoms with Crippen LogP contribution in [0.4, 0.5) is 5.69 Å². The average Bonchev–Trinajstić information content (AvgIpc) is 2.93. The van der Waals surface area contributed by atoms with Gasteiger partial charge in [0.1, 0.15) is 5.69 Å². The van der Waals surface area contributed by atoms with E-state index in [9.17, 15) is 4.79 Å². The van der Waals surface area contributed by atoms with Crippen molar-refractivity contribution in [1.29, 1.82) is 0 Å². The van der Waals surface area contributed by atoms with Gasteiger partial charge in [-0.15, -0.1) is 0 Å². The summed E-state index contributed by atoms with van der Waals surface area (Å²) in [6.07, 6.45) is 6.09. The number of pyridine rings is 1. The van der Waals surface area contributed by atoms with Gasteiger partial charge in [-0.05, 0) is 37.8 Å². The highest BCUT2D eigenvalue weighted by atomic mass is 16.2. The average molecular weight is 261 g/mol. The summed E-state index contributed by atoms with van der Waals surface area (Å²) in [4.78, 5) is 18.6. The van der Waals surface area contributed by atoms with E-state index < -0.39 is 0 Å². The second kappa shape index (κ2) is 6.55. The third-order valence-corrected chi connectivity index (χ3v) is 3.67. The first kappa shape index (κ1) is 13.8. The predicted molar refractivity (Wildman–Crippen MR) is 77.4 cm³/mol. The van der Waals surface area contributed by atoms with Crippen LogP contribution in [0, 0.1) is 0 Å². The Morgan fingerprint density at radius 2 is 2.32 bits per heavy atom. The van der Waals surface area contributed by atoms with E-state index in [-0.39, 0.29) is 5.91 Å². The van der Waals surface area contributed by atoms with Gasteiger partial charge in [0.2, 0.25) is 0 Å². The van der Waals surface area contributed by atoms with Crippen LogP contribution in [0.1, 0.15) is 50.0 Å². The maximum Gasteiger partial charge on any atom is 0.272 e. The Kier molecular flexibility index (Phi) is 4.77. The van der Waals surface area contributed by atoms with Gasteiger partial charge in [0, 0.05) is 19.1 Å². The number of carbonyl (C=O) groups excluding carboxylic acids is 1. The van der Waals surface area contributed by atoms with Crippen molar-refractivity contribution in [1.82, 2.24) is 9.88 Å². The van der Waals surface area contributed by atoms with Crippen molar-refractivity contribution < 1.29 is 4.79 Å². The first-order valence-electron chi connectivity index (χ1n) is 7.27. The van der Waals surface area contributed by atoms with Crippen molar-refractivity contribution in [2.24, 2.45) is 0 Å². The summed E-state index contributed by atoms with van der Waals surface area (Å²) in [5.74, 6) is 0.0754. The molecule has 0 bridgehead atoms. The summed E-state index contributed by atoms with van der Waals surface area (Å²) in [5, 5.41) is 3.26. The van der Waals surface area contributed by atoms with E-state index in [2.05, 4.69) is 24.1 Å². The van der Waals surface area contributed by atoms with Crippen LogP contribution in [0.5, 0.6) is 0 Å². The summed E-state index contributed by atoms with van der Waals surface area (Å²) in [7, 11) is 0. The Bertz CT molecular complexity index is 416. The van der Waals surface area contributed by atoms with Gasteiger partial charge in [0.05, 0.1) is 11.9 Å². The molecular formula is C15H23N3O. The molecule has 1 aromatic rings. The molecule has 1 aliphatic heterocycles. The van der Waals surface area contributed by atoms with Gasteiger partial charge in [0.15, 0.2) is 0 Å². The molecule has 1 N–H and O–H groups in total. The Hall–Kier alpha value is -1.58. The zero-order valence-electron chi connectivity index (χ0n) is 11.9. The molecule has 104 valence electrons. The lowest BCUT2D eigenvalue weighted by atomic mass is 10.1. The summed E-state index contributed by atoms with van der Waals surface area (Å²) < 4.78 is 0. The minimum atomic E-state index is 0.0754. The fraction of sp³-hybridized carbons (Fsp3) is 0.600. The molecule has 0 spiro atoms. The molecule has 2 rings (SSSR count). The van der Waals surface area contributed by atoms with Gasteiger partial charge in [-0.3, -0.25) is 4.79 Å². The Morgan fingerprint density at radius 1 is 1.47 bits per heavy atom. The second-order valence-electron chi connectivity index (χ2n) is 5.06. The fourth-order valence-corrected chi connectivity index (χ4v) is 2.57. The summed E-state index contributed by atoms with van der Waals surface area (Å²) in [5.41, 5.74) is 1.54. The molecule has 0 radical (unpaired) electrons. The predicted octanol–water partition coefficient (Wildman–Crippen LogP) is 2.92. The van der Waals surface area contributed by atoms with E-state index in [4.69, 9.17) is 0 Å². The third-order valence-electron chi connectivity index (χ3n) is 3.67. The van der Waals surface area contributed by atoms with Crippen molar-refractivity contribution in [3.63, 3.8) is 0 Å². The van der Waals surface area contributed by atoms with E-state index in [0.717, 1.165) is 44.5 Å². The lowest BCUT2D eigenvalue weighted by Crippen LogP contribution is -2.35. The van der Waals surface area contributed by atoms with Gasteiger partial charge in [-0.1, -0.05) is 13.8 Å². The van der Waals surface area contributed by atoms with Gasteiger partial charge in [-0.2, -0.15) is 0 Å². The second-order valence-corrected chi connectivity index (χ2v) is 5.06. The Morgan fingerprint density at radius 3 is 2.95 bits per heavy atom. The van der Waals surface area contributed by atoms with Crippen LogP contribution in [0.15, 0.2) is 18.3 Å².